The van der Waals surface area contributed by atoms with Crippen LogP contribution < -0.4 is 10.6 Å². The fraction of sp³-hybridized carbons (Fsp3) is 0.353. The van der Waals surface area contributed by atoms with Gasteiger partial charge in [-0.2, -0.15) is 0 Å². The Morgan fingerprint density at radius 3 is 2.70 bits per heavy atom. The number of carbonyl (C=O) groups excluding carboxylic acids is 1. The van der Waals surface area contributed by atoms with Crippen LogP contribution in [0.5, 0.6) is 0 Å². The fourth-order valence-corrected chi connectivity index (χ4v) is 1.96. The summed E-state index contributed by atoms with van der Waals surface area (Å²) in [6, 6.07) is 6.78. The van der Waals surface area contributed by atoms with Crippen molar-refractivity contribution in [2.75, 3.05) is 11.9 Å². The third-order valence-corrected chi connectivity index (χ3v) is 3.53. The molecule has 2 N–H and O–H groups in total. The molecule has 2 rings (SSSR count). The Kier molecular flexibility index (Phi) is 6.02. The highest BCUT2D eigenvalue weighted by atomic mass is 19.1. The zero-order valence-corrected chi connectivity index (χ0v) is 13.3. The van der Waals surface area contributed by atoms with Crippen molar-refractivity contribution in [3.63, 3.8) is 0 Å². The molecule has 1 aromatic carbocycles. The third kappa shape index (κ3) is 5.02. The summed E-state index contributed by atoms with van der Waals surface area (Å²) in [6.45, 7) is 4.47. The standard InChI is InChI=1S/C17H21FN4O/c1-3-12(2)22-17(23)15-10-21-16(11-20-15)19-9-8-13-6-4-5-7-14(13)18/h4-7,10-12H,3,8-9H2,1-2H3,(H,19,21)(H,22,23). The van der Waals surface area contributed by atoms with Crippen molar-refractivity contribution in [1.82, 2.24) is 15.3 Å². The minimum absolute atomic E-state index is 0.0999. The lowest BCUT2D eigenvalue weighted by atomic mass is 10.1. The van der Waals surface area contributed by atoms with E-state index in [2.05, 4.69) is 20.6 Å². The van der Waals surface area contributed by atoms with Gasteiger partial charge in [-0.05, 0) is 31.4 Å². The van der Waals surface area contributed by atoms with Gasteiger partial charge in [-0.15, -0.1) is 0 Å². The summed E-state index contributed by atoms with van der Waals surface area (Å²) in [5.41, 5.74) is 0.933. The van der Waals surface area contributed by atoms with Crippen molar-refractivity contribution < 1.29 is 9.18 Å². The molecule has 0 fully saturated rings. The molecule has 5 nitrogen and oxygen atoms in total. The van der Waals surface area contributed by atoms with Crippen molar-refractivity contribution in [1.29, 1.82) is 0 Å². The Bertz CT molecular complexity index is 645. The van der Waals surface area contributed by atoms with E-state index in [1.807, 2.05) is 19.9 Å². The predicted molar refractivity (Wildman–Crippen MR) is 87.8 cm³/mol. The number of hydrogen-bond acceptors (Lipinski definition) is 4. The first kappa shape index (κ1) is 16.9. The molecule has 0 bridgehead atoms. The molecule has 6 heteroatoms. The van der Waals surface area contributed by atoms with E-state index >= 15 is 0 Å². The van der Waals surface area contributed by atoms with Crippen LogP contribution in [0.4, 0.5) is 10.2 Å². The zero-order valence-electron chi connectivity index (χ0n) is 13.3. The third-order valence-electron chi connectivity index (χ3n) is 3.53. The predicted octanol–water partition coefficient (Wildman–Crippen LogP) is 2.80. The van der Waals surface area contributed by atoms with Crippen molar-refractivity contribution in [2.24, 2.45) is 0 Å². The number of nitrogens with zero attached hydrogens (tertiary/aromatic N) is 2. The van der Waals surface area contributed by atoms with Gasteiger partial charge in [-0.3, -0.25) is 4.79 Å². The average Bonchev–Trinajstić information content (AvgIpc) is 2.57. The molecule has 122 valence electrons. The number of rotatable bonds is 7. The minimum Gasteiger partial charge on any atom is -0.368 e. The highest BCUT2D eigenvalue weighted by molar-refractivity contribution is 5.92. The second kappa shape index (κ2) is 8.22. The van der Waals surface area contributed by atoms with E-state index in [0.717, 1.165) is 6.42 Å². The summed E-state index contributed by atoms with van der Waals surface area (Å²) in [4.78, 5) is 20.1. The molecule has 0 spiro atoms. The first-order chi connectivity index (χ1) is 11.1. The van der Waals surface area contributed by atoms with E-state index in [-0.39, 0.29) is 23.5 Å². The lowest BCUT2D eigenvalue weighted by Crippen LogP contribution is -2.32. The zero-order chi connectivity index (χ0) is 16.7. The van der Waals surface area contributed by atoms with Crippen molar-refractivity contribution in [3.05, 3.63) is 53.7 Å². The number of halogens is 1. The number of benzene rings is 1. The molecule has 0 aliphatic carbocycles. The van der Waals surface area contributed by atoms with Gasteiger partial charge in [0.05, 0.1) is 12.4 Å². The van der Waals surface area contributed by atoms with E-state index in [9.17, 15) is 9.18 Å². The molecule has 0 radical (unpaired) electrons. The summed E-state index contributed by atoms with van der Waals surface area (Å²) in [5, 5.41) is 5.90. The van der Waals surface area contributed by atoms with Crippen molar-refractivity contribution in [3.8, 4) is 0 Å². The van der Waals surface area contributed by atoms with Crippen LogP contribution >= 0.6 is 0 Å². The number of anilines is 1. The molecular weight excluding hydrogens is 295 g/mol. The van der Waals surface area contributed by atoms with Gasteiger partial charge < -0.3 is 10.6 Å². The minimum atomic E-state index is -0.232. The van der Waals surface area contributed by atoms with Crippen LogP contribution in [0.1, 0.15) is 36.3 Å². The van der Waals surface area contributed by atoms with Crippen molar-refractivity contribution >= 4 is 11.7 Å². The van der Waals surface area contributed by atoms with Gasteiger partial charge >= 0.3 is 0 Å². The van der Waals surface area contributed by atoms with Crippen LogP contribution in [0.2, 0.25) is 0 Å². The highest BCUT2D eigenvalue weighted by Gasteiger charge is 2.10. The molecule has 1 atom stereocenters. The highest BCUT2D eigenvalue weighted by Crippen LogP contribution is 2.08. The van der Waals surface area contributed by atoms with E-state index in [0.29, 0.717) is 24.3 Å². The van der Waals surface area contributed by atoms with Gasteiger partial charge in [0, 0.05) is 12.6 Å². The van der Waals surface area contributed by atoms with Gasteiger partial charge in [-0.25, -0.2) is 14.4 Å². The number of nitrogens with one attached hydrogen (secondary N) is 2. The van der Waals surface area contributed by atoms with Crippen LogP contribution in [0.3, 0.4) is 0 Å². The first-order valence-corrected chi connectivity index (χ1v) is 7.70. The maximum atomic E-state index is 13.5. The van der Waals surface area contributed by atoms with Crippen LogP contribution in [-0.4, -0.2) is 28.5 Å². The van der Waals surface area contributed by atoms with E-state index in [1.165, 1.54) is 18.5 Å². The lowest BCUT2D eigenvalue weighted by Gasteiger charge is -2.11. The monoisotopic (exact) mass is 316 g/mol. The quantitative estimate of drug-likeness (QED) is 0.824. The van der Waals surface area contributed by atoms with Crippen molar-refractivity contribution in [2.45, 2.75) is 32.7 Å². The van der Waals surface area contributed by atoms with E-state index < -0.39 is 0 Å². The maximum absolute atomic E-state index is 13.5. The number of aromatic nitrogens is 2. The molecule has 1 aromatic heterocycles. The SMILES string of the molecule is CCC(C)NC(=O)c1cnc(NCCc2ccccc2F)cn1. The average molecular weight is 316 g/mol. The Morgan fingerprint density at radius 1 is 1.26 bits per heavy atom. The normalized spacial score (nSPS) is 11.8. The van der Waals surface area contributed by atoms with Crippen LogP contribution in [0.25, 0.3) is 0 Å². The van der Waals surface area contributed by atoms with Gasteiger partial charge in [0.1, 0.15) is 17.3 Å². The summed E-state index contributed by atoms with van der Waals surface area (Å²) >= 11 is 0. The summed E-state index contributed by atoms with van der Waals surface area (Å²) in [5.74, 6) is 0.114. The molecule has 0 saturated heterocycles. The second-order valence-electron chi connectivity index (χ2n) is 5.34. The summed E-state index contributed by atoms with van der Waals surface area (Å²) in [6.07, 6.45) is 4.34. The van der Waals surface area contributed by atoms with Crippen LogP contribution in [0, 0.1) is 5.82 Å². The van der Waals surface area contributed by atoms with Gasteiger partial charge in [0.25, 0.3) is 5.91 Å². The fourth-order valence-electron chi connectivity index (χ4n) is 1.96. The molecule has 1 amide bonds. The summed E-state index contributed by atoms with van der Waals surface area (Å²) in [7, 11) is 0. The van der Waals surface area contributed by atoms with Crippen LogP contribution in [-0.2, 0) is 6.42 Å². The topological polar surface area (TPSA) is 66.9 Å². The Morgan fingerprint density at radius 2 is 2.04 bits per heavy atom. The molecular formula is C17H21FN4O. The Hall–Kier alpha value is -2.50. The lowest BCUT2D eigenvalue weighted by molar-refractivity contribution is 0.0934. The van der Waals surface area contributed by atoms with Gasteiger partial charge in [-0.1, -0.05) is 25.1 Å². The Labute approximate surface area is 135 Å². The smallest absolute Gasteiger partial charge is 0.271 e. The molecule has 23 heavy (non-hydrogen) atoms. The first-order valence-electron chi connectivity index (χ1n) is 7.70. The molecule has 1 heterocycles. The molecule has 0 aliphatic rings. The molecule has 0 aliphatic heterocycles. The molecule has 2 aromatic rings. The number of amides is 1. The second-order valence-corrected chi connectivity index (χ2v) is 5.34. The van der Waals surface area contributed by atoms with Gasteiger partial charge in [0.2, 0.25) is 0 Å². The van der Waals surface area contributed by atoms with E-state index in [1.54, 1.807) is 12.1 Å². The molecule has 0 saturated carbocycles. The molecule has 1 unspecified atom stereocenters. The largest absolute Gasteiger partial charge is 0.368 e. The number of hydrogen-bond donors (Lipinski definition) is 2. The maximum Gasteiger partial charge on any atom is 0.271 e. The van der Waals surface area contributed by atoms with Crippen LogP contribution in [0.15, 0.2) is 36.7 Å². The number of carbonyl (C=O) groups is 1. The summed E-state index contributed by atoms with van der Waals surface area (Å²) < 4.78 is 13.5. The Balaban J connectivity index is 1.85. The van der Waals surface area contributed by atoms with E-state index in [4.69, 9.17) is 0 Å². The van der Waals surface area contributed by atoms with Gasteiger partial charge in [0.15, 0.2) is 0 Å².